The average molecular weight is 433 g/mol. The lowest BCUT2D eigenvalue weighted by molar-refractivity contribution is -0.176. The number of aromatic nitrogens is 2. The summed E-state index contributed by atoms with van der Waals surface area (Å²) >= 11 is 0. The maximum absolute atomic E-state index is 12.1. The van der Waals surface area contributed by atoms with Crippen molar-refractivity contribution in [1.82, 2.24) is 20.6 Å². The predicted molar refractivity (Wildman–Crippen MR) is 115 cm³/mol. The third-order valence-corrected chi connectivity index (χ3v) is 4.41. The first-order valence-electron chi connectivity index (χ1n) is 10.1. The number of nitrogens with zero attached hydrogens (tertiary/aromatic N) is 2. The van der Waals surface area contributed by atoms with Crippen molar-refractivity contribution in [3.05, 3.63) is 65.5 Å². The van der Waals surface area contributed by atoms with Crippen molar-refractivity contribution in [3.63, 3.8) is 0 Å². The number of rotatable bonds is 9. The van der Waals surface area contributed by atoms with E-state index in [0.717, 1.165) is 35.4 Å². The van der Waals surface area contributed by atoms with E-state index in [1.165, 1.54) is 0 Å². The molecule has 0 fully saturated rings. The van der Waals surface area contributed by atoms with Gasteiger partial charge in [-0.05, 0) is 30.2 Å². The molecule has 0 aliphatic carbocycles. The van der Waals surface area contributed by atoms with Crippen LogP contribution in [-0.4, -0.2) is 41.8 Å². The summed E-state index contributed by atoms with van der Waals surface area (Å²) in [7, 11) is 0. The topological polar surface area (TPSA) is 74.3 Å². The lowest BCUT2D eigenvalue weighted by Gasteiger charge is -2.11. The van der Waals surface area contributed by atoms with Gasteiger partial charge in [0.05, 0.1) is 24.2 Å². The van der Waals surface area contributed by atoms with Gasteiger partial charge >= 0.3 is 6.18 Å². The number of para-hydroxylation sites is 2. The summed E-state index contributed by atoms with van der Waals surface area (Å²) in [5, 5.41) is 6.49. The average Bonchev–Trinajstić information content (AvgIpc) is 3.15. The first-order chi connectivity index (χ1) is 14.9. The van der Waals surface area contributed by atoms with Crippen LogP contribution in [0.4, 0.5) is 13.2 Å². The largest absolute Gasteiger partial charge is 0.411 e. The van der Waals surface area contributed by atoms with Crippen LogP contribution >= 0.6 is 0 Å². The van der Waals surface area contributed by atoms with E-state index in [1.54, 1.807) is 12.1 Å². The number of imidazole rings is 1. The summed E-state index contributed by atoms with van der Waals surface area (Å²) in [4.78, 5) is 12.4. The van der Waals surface area contributed by atoms with Crippen molar-refractivity contribution < 1.29 is 17.9 Å². The number of guanidine groups is 1. The Balaban J connectivity index is 1.48. The molecule has 1 aromatic heterocycles. The number of aromatic amines is 1. The van der Waals surface area contributed by atoms with Gasteiger partial charge in [0.25, 0.3) is 0 Å². The lowest BCUT2D eigenvalue weighted by Crippen LogP contribution is -2.38. The van der Waals surface area contributed by atoms with Gasteiger partial charge < -0.3 is 20.4 Å². The monoisotopic (exact) mass is 433 g/mol. The number of benzene rings is 2. The number of fused-ring (bicyclic) bond motifs is 1. The smallest absolute Gasteiger partial charge is 0.367 e. The minimum absolute atomic E-state index is 0.0744. The maximum atomic E-state index is 12.1. The number of halogens is 3. The molecular formula is C22H26F3N5O. The van der Waals surface area contributed by atoms with Gasteiger partial charge in [0.2, 0.25) is 0 Å². The van der Waals surface area contributed by atoms with Crippen LogP contribution in [0.25, 0.3) is 11.0 Å². The molecule has 3 N–H and O–H groups in total. The number of nitrogens with one attached hydrogen (secondary N) is 3. The van der Waals surface area contributed by atoms with Gasteiger partial charge in [-0.25, -0.2) is 9.98 Å². The van der Waals surface area contributed by atoms with Crippen LogP contribution in [0.2, 0.25) is 0 Å². The van der Waals surface area contributed by atoms with E-state index in [1.807, 2.05) is 43.3 Å². The van der Waals surface area contributed by atoms with Crippen LogP contribution in [0.1, 0.15) is 23.9 Å². The molecule has 0 atom stereocenters. The molecule has 0 amide bonds. The van der Waals surface area contributed by atoms with Gasteiger partial charge in [0.1, 0.15) is 12.4 Å². The molecule has 2 aromatic carbocycles. The molecule has 0 radical (unpaired) electrons. The Kier molecular flexibility index (Phi) is 7.88. The molecule has 3 rings (SSSR count). The van der Waals surface area contributed by atoms with Crippen LogP contribution in [0, 0.1) is 0 Å². The summed E-state index contributed by atoms with van der Waals surface area (Å²) in [6.07, 6.45) is -3.58. The Morgan fingerprint density at radius 3 is 2.52 bits per heavy atom. The minimum Gasteiger partial charge on any atom is -0.367 e. The van der Waals surface area contributed by atoms with Gasteiger partial charge in [-0.1, -0.05) is 36.4 Å². The molecule has 0 aliphatic rings. The second-order valence-corrected chi connectivity index (χ2v) is 7.00. The second-order valence-electron chi connectivity index (χ2n) is 7.00. The standard InChI is InChI=1S/C22H26F3N5O/c1-2-26-21(27-12-11-20-29-18-5-3-4-6-19(18)30-20)28-13-16-7-9-17(10-8-16)14-31-15-22(23,24)25/h3-10H,2,11-15H2,1H3,(H,29,30)(H2,26,27,28). The predicted octanol–water partition coefficient (Wildman–Crippen LogP) is 3.94. The quantitative estimate of drug-likeness (QED) is 0.353. The third-order valence-electron chi connectivity index (χ3n) is 4.41. The molecule has 1 heterocycles. The lowest BCUT2D eigenvalue weighted by atomic mass is 10.1. The fourth-order valence-corrected chi connectivity index (χ4v) is 2.96. The zero-order valence-corrected chi connectivity index (χ0v) is 17.3. The normalized spacial score (nSPS) is 12.3. The Bertz CT molecular complexity index is 950. The van der Waals surface area contributed by atoms with Crippen LogP contribution in [0.3, 0.4) is 0 Å². The molecular weight excluding hydrogens is 407 g/mol. The molecule has 0 spiro atoms. The third kappa shape index (κ3) is 7.60. The fourth-order valence-electron chi connectivity index (χ4n) is 2.96. The molecule has 0 aliphatic heterocycles. The van der Waals surface area contributed by atoms with Gasteiger partial charge in [0.15, 0.2) is 5.96 Å². The number of alkyl halides is 3. The van der Waals surface area contributed by atoms with Gasteiger partial charge in [-0.15, -0.1) is 0 Å². The first-order valence-corrected chi connectivity index (χ1v) is 10.1. The zero-order chi connectivity index (χ0) is 22.1. The fraction of sp³-hybridized carbons (Fsp3) is 0.364. The van der Waals surface area contributed by atoms with Crippen molar-refractivity contribution >= 4 is 17.0 Å². The highest BCUT2D eigenvalue weighted by atomic mass is 19.4. The molecule has 0 saturated carbocycles. The molecule has 6 nitrogen and oxygen atoms in total. The Hall–Kier alpha value is -3.07. The molecule has 166 valence electrons. The van der Waals surface area contributed by atoms with E-state index in [2.05, 4.69) is 30.3 Å². The van der Waals surface area contributed by atoms with Crippen molar-refractivity contribution in [2.75, 3.05) is 19.7 Å². The van der Waals surface area contributed by atoms with Crippen LogP contribution < -0.4 is 10.6 Å². The van der Waals surface area contributed by atoms with Gasteiger partial charge in [-0.3, -0.25) is 0 Å². The summed E-state index contributed by atoms with van der Waals surface area (Å²) < 4.78 is 41.1. The van der Waals surface area contributed by atoms with Crippen molar-refractivity contribution in [3.8, 4) is 0 Å². The minimum atomic E-state index is -4.31. The Morgan fingerprint density at radius 2 is 1.81 bits per heavy atom. The zero-order valence-electron chi connectivity index (χ0n) is 17.3. The van der Waals surface area contributed by atoms with Crippen molar-refractivity contribution in [2.24, 2.45) is 4.99 Å². The first kappa shape index (κ1) is 22.6. The van der Waals surface area contributed by atoms with E-state index in [-0.39, 0.29) is 6.61 Å². The Labute approximate surface area is 178 Å². The molecule has 0 saturated heterocycles. The molecule has 0 unspecified atom stereocenters. The van der Waals surface area contributed by atoms with E-state index in [9.17, 15) is 13.2 Å². The highest BCUT2D eigenvalue weighted by molar-refractivity contribution is 5.79. The van der Waals surface area contributed by atoms with E-state index < -0.39 is 12.8 Å². The van der Waals surface area contributed by atoms with Crippen LogP contribution in [0.15, 0.2) is 53.5 Å². The van der Waals surface area contributed by atoms with Crippen molar-refractivity contribution in [1.29, 1.82) is 0 Å². The summed E-state index contributed by atoms with van der Waals surface area (Å²) in [5.41, 5.74) is 3.61. The van der Waals surface area contributed by atoms with Gasteiger partial charge in [-0.2, -0.15) is 13.2 Å². The SMILES string of the molecule is CCNC(=NCc1ccc(COCC(F)(F)F)cc1)NCCc1nc2ccccc2[nH]1. The summed E-state index contributed by atoms with van der Waals surface area (Å²) in [6, 6.07) is 15.1. The molecule has 3 aromatic rings. The maximum Gasteiger partial charge on any atom is 0.411 e. The van der Waals surface area contributed by atoms with Crippen LogP contribution in [0.5, 0.6) is 0 Å². The summed E-state index contributed by atoms with van der Waals surface area (Å²) in [5.74, 6) is 1.60. The number of hydrogen-bond donors (Lipinski definition) is 3. The van der Waals surface area contributed by atoms with Gasteiger partial charge in [0, 0.05) is 19.5 Å². The van der Waals surface area contributed by atoms with E-state index in [0.29, 0.717) is 24.6 Å². The molecule has 31 heavy (non-hydrogen) atoms. The summed E-state index contributed by atoms with van der Waals surface area (Å²) in [6.45, 7) is 2.52. The molecule has 9 heteroatoms. The highest BCUT2D eigenvalue weighted by Gasteiger charge is 2.27. The number of H-pyrrole nitrogens is 1. The number of ether oxygens (including phenoxy) is 1. The van der Waals surface area contributed by atoms with Crippen molar-refractivity contribution in [2.45, 2.75) is 32.7 Å². The Morgan fingerprint density at radius 1 is 1.06 bits per heavy atom. The number of aliphatic imine (C=N–C) groups is 1. The van der Waals surface area contributed by atoms with Crippen LogP contribution in [-0.2, 0) is 24.3 Å². The molecule has 0 bridgehead atoms. The highest BCUT2D eigenvalue weighted by Crippen LogP contribution is 2.16. The second kappa shape index (κ2) is 10.8. The van der Waals surface area contributed by atoms with E-state index in [4.69, 9.17) is 0 Å². The van der Waals surface area contributed by atoms with E-state index >= 15 is 0 Å². The number of hydrogen-bond acceptors (Lipinski definition) is 3.